The Hall–Kier alpha value is -0.920. The van der Waals surface area contributed by atoms with Gasteiger partial charge in [-0.05, 0) is 23.1 Å². The van der Waals surface area contributed by atoms with Crippen molar-refractivity contribution < 1.29 is 0 Å². The Bertz CT molecular complexity index is 451. The van der Waals surface area contributed by atoms with Crippen LogP contribution in [0.5, 0.6) is 0 Å². The first-order valence-corrected chi connectivity index (χ1v) is 6.93. The Balaban J connectivity index is 2.26. The number of halogens is 1. The maximum Gasteiger partial charge on any atom is 0.109 e. The zero-order valence-corrected chi connectivity index (χ0v) is 11.0. The van der Waals surface area contributed by atoms with Gasteiger partial charge in [-0.2, -0.15) is 5.26 Å². The summed E-state index contributed by atoms with van der Waals surface area (Å²) in [5, 5.41) is 11.9. The van der Waals surface area contributed by atoms with Gasteiger partial charge in [-0.3, -0.25) is 0 Å². The lowest BCUT2D eigenvalue weighted by Gasteiger charge is -2.19. The van der Waals surface area contributed by atoms with E-state index in [0.29, 0.717) is 5.56 Å². The number of rotatable bonds is 3. The normalized spacial score (nSPS) is 14.8. The van der Waals surface area contributed by atoms with Crippen LogP contribution in [0.1, 0.15) is 11.1 Å². The average molecular weight is 294 g/mol. The molecule has 1 aromatic carbocycles. The molecule has 0 saturated carbocycles. The van der Waals surface area contributed by atoms with Crippen LogP contribution in [-0.2, 0) is 0 Å². The highest BCUT2D eigenvalue weighted by Gasteiger charge is 2.17. The van der Waals surface area contributed by atoms with Crippen molar-refractivity contribution in [3.05, 3.63) is 46.7 Å². The second-order valence-corrected chi connectivity index (χ2v) is 4.83. The van der Waals surface area contributed by atoms with Crippen LogP contribution in [0.3, 0.4) is 0 Å². The fourth-order valence-corrected chi connectivity index (χ4v) is 2.75. The number of thioether (sulfide) groups is 1. The number of benzene rings is 1. The summed E-state index contributed by atoms with van der Waals surface area (Å²) in [6.07, 6.45) is 0. The van der Waals surface area contributed by atoms with E-state index in [1.165, 1.54) is 5.70 Å². The van der Waals surface area contributed by atoms with Gasteiger partial charge in [0.25, 0.3) is 0 Å². The van der Waals surface area contributed by atoms with Crippen LogP contribution < -0.4 is 0 Å². The molecule has 0 aromatic heterocycles. The van der Waals surface area contributed by atoms with E-state index in [9.17, 15) is 0 Å². The molecule has 0 unspecified atom stereocenters. The van der Waals surface area contributed by atoms with Crippen molar-refractivity contribution in [1.82, 2.24) is 4.90 Å². The lowest BCUT2D eigenvalue weighted by atomic mass is 10.1. The molecule has 0 fully saturated rings. The summed E-state index contributed by atoms with van der Waals surface area (Å²) in [4.78, 5) is 2.19. The van der Waals surface area contributed by atoms with Crippen LogP contribution in [0.15, 0.2) is 29.7 Å². The molecule has 4 heteroatoms. The van der Waals surface area contributed by atoms with Crippen LogP contribution in [-0.4, -0.2) is 16.8 Å². The molecular formula is C12H10BrN2S. The van der Waals surface area contributed by atoms with Gasteiger partial charge in [-0.15, -0.1) is 11.8 Å². The Morgan fingerprint density at radius 1 is 1.44 bits per heavy atom. The molecule has 0 atom stereocenters. The van der Waals surface area contributed by atoms with Crippen molar-refractivity contribution in [3.63, 3.8) is 0 Å². The maximum atomic E-state index is 8.87. The van der Waals surface area contributed by atoms with Crippen molar-refractivity contribution >= 4 is 33.4 Å². The largest absolute Gasteiger partial charge is 0.355 e. The molecule has 2 rings (SSSR count). The first-order chi connectivity index (χ1) is 7.85. The second-order valence-electron chi connectivity index (χ2n) is 3.32. The summed E-state index contributed by atoms with van der Waals surface area (Å²) in [5.41, 5.74) is 2.97. The summed E-state index contributed by atoms with van der Waals surface area (Å²) in [6.45, 7) is 0.940. The van der Waals surface area contributed by atoms with Crippen molar-refractivity contribution in [2.24, 2.45) is 0 Å². The van der Waals surface area contributed by atoms with Crippen LogP contribution in [0, 0.1) is 17.2 Å². The molecule has 81 valence electrons. The molecule has 1 aromatic rings. The monoisotopic (exact) mass is 293 g/mol. The van der Waals surface area contributed by atoms with Gasteiger partial charge in [-0.1, -0.05) is 28.1 Å². The highest BCUT2D eigenvalue weighted by Crippen LogP contribution is 2.34. The van der Waals surface area contributed by atoms with E-state index in [0.717, 1.165) is 17.4 Å². The van der Waals surface area contributed by atoms with Crippen molar-refractivity contribution in [2.75, 3.05) is 11.9 Å². The van der Waals surface area contributed by atoms with Crippen LogP contribution in [0.25, 0.3) is 5.70 Å². The predicted molar refractivity (Wildman–Crippen MR) is 71.5 cm³/mol. The molecule has 0 aliphatic carbocycles. The van der Waals surface area contributed by atoms with Gasteiger partial charge in [0.15, 0.2) is 0 Å². The number of nitriles is 1. The highest BCUT2D eigenvalue weighted by atomic mass is 79.9. The molecule has 1 heterocycles. The topological polar surface area (TPSA) is 27.0 Å². The third kappa shape index (κ3) is 2.42. The Morgan fingerprint density at radius 2 is 2.31 bits per heavy atom. The van der Waals surface area contributed by atoms with E-state index in [1.807, 2.05) is 24.3 Å². The third-order valence-corrected chi connectivity index (χ3v) is 3.38. The zero-order valence-electron chi connectivity index (χ0n) is 8.56. The smallest absolute Gasteiger partial charge is 0.109 e. The van der Waals surface area contributed by atoms with Crippen LogP contribution >= 0.6 is 27.7 Å². The van der Waals surface area contributed by atoms with Crippen molar-refractivity contribution in [2.45, 2.75) is 0 Å². The van der Waals surface area contributed by atoms with Gasteiger partial charge < -0.3 is 4.90 Å². The quantitative estimate of drug-likeness (QED) is 0.799. The van der Waals surface area contributed by atoms with Gasteiger partial charge in [0.05, 0.1) is 17.3 Å². The van der Waals surface area contributed by atoms with E-state index >= 15 is 0 Å². The molecular weight excluding hydrogens is 284 g/mol. The Kier molecular flexibility index (Phi) is 3.92. The lowest BCUT2D eigenvalue weighted by Crippen LogP contribution is -2.17. The summed E-state index contributed by atoms with van der Waals surface area (Å²) < 4.78 is 0. The van der Waals surface area contributed by atoms with Crippen LogP contribution in [0.2, 0.25) is 0 Å². The second kappa shape index (κ2) is 5.42. The molecule has 0 spiro atoms. The number of alkyl halides is 1. The minimum Gasteiger partial charge on any atom is -0.355 e. The predicted octanol–water partition coefficient (Wildman–Crippen LogP) is 3.42. The van der Waals surface area contributed by atoms with Gasteiger partial charge in [-0.25, -0.2) is 0 Å². The molecule has 1 aliphatic heterocycles. The average Bonchev–Trinajstić information content (AvgIpc) is 2.78. The first kappa shape index (κ1) is 11.6. The number of hydrogen-bond acceptors (Lipinski definition) is 3. The molecule has 0 saturated heterocycles. The van der Waals surface area contributed by atoms with E-state index < -0.39 is 0 Å². The summed E-state index contributed by atoms with van der Waals surface area (Å²) in [7, 11) is 0. The molecule has 0 N–H and O–H groups in total. The maximum absolute atomic E-state index is 8.87. The Labute approximate surface area is 108 Å². The fraction of sp³-hybridized carbons (Fsp3) is 0.167. The fourth-order valence-electron chi connectivity index (χ4n) is 1.54. The van der Waals surface area contributed by atoms with E-state index in [-0.39, 0.29) is 0 Å². The van der Waals surface area contributed by atoms with Gasteiger partial charge in [0.1, 0.15) is 5.88 Å². The van der Waals surface area contributed by atoms with Gasteiger partial charge in [0.2, 0.25) is 0 Å². The zero-order chi connectivity index (χ0) is 11.4. The number of nitrogens with zero attached hydrogens (tertiary/aromatic N) is 2. The number of hydrogen-bond donors (Lipinski definition) is 0. The van der Waals surface area contributed by atoms with E-state index in [4.69, 9.17) is 5.26 Å². The third-order valence-electron chi connectivity index (χ3n) is 2.29. The Morgan fingerprint density at radius 3 is 3.06 bits per heavy atom. The SMILES string of the molecule is N#Cc1cccc(C2=CS[CH]N2CCBr)c1. The minimum absolute atomic E-state index is 0.703. The highest BCUT2D eigenvalue weighted by molar-refractivity contribution is 9.09. The first-order valence-electron chi connectivity index (χ1n) is 4.87. The minimum atomic E-state index is 0.703. The van der Waals surface area contributed by atoms with Gasteiger partial charge >= 0.3 is 0 Å². The van der Waals surface area contributed by atoms with Crippen LogP contribution in [0.4, 0.5) is 0 Å². The molecule has 2 nitrogen and oxygen atoms in total. The summed E-state index contributed by atoms with van der Waals surface area (Å²) >= 11 is 5.11. The molecule has 1 aliphatic rings. The lowest BCUT2D eigenvalue weighted by molar-refractivity contribution is 0.556. The van der Waals surface area contributed by atoms with E-state index in [2.05, 4.69) is 38.2 Å². The molecule has 1 radical (unpaired) electrons. The summed E-state index contributed by atoms with van der Waals surface area (Å²) in [6, 6.07) is 9.87. The summed E-state index contributed by atoms with van der Waals surface area (Å²) in [5.74, 6) is 2.09. The van der Waals surface area contributed by atoms with Crippen molar-refractivity contribution in [3.8, 4) is 6.07 Å². The standard InChI is InChI=1S/C12H10BrN2S/c13-4-5-15-9-16-8-12(15)11-3-1-2-10(6-11)7-14/h1-3,6,8-9H,4-5H2. The van der Waals surface area contributed by atoms with E-state index in [1.54, 1.807) is 11.8 Å². The molecule has 16 heavy (non-hydrogen) atoms. The van der Waals surface area contributed by atoms with Crippen molar-refractivity contribution in [1.29, 1.82) is 5.26 Å². The molecule has 0 bridgehead atoms. The van der Waals surface area contributed by atoms with Gasteiger partial charge in [0, 0.05) is 11.9 Å². The molecule has 0 amide bonds.